The predicted molar refractivity (Wildman–Crippen MR) is 83.7 cm³/mol. The van der Waals surface area contributed by atoms with Gasteiger partial charge in [-0.2, -0.15) is 0 Å². The van der Waals surface area contributed by atoms with Crippen LogP contribution in [-0.2, 0) is 11.3 Å². The van der Waals surface area contributed by atoms with Crippen molar-refractivity contribution in [1.82, 2.24) is 0 Å². The van der Waals surface area contributed by atoms with Gasteiger partial charge in [0.25, 0.3) is 0 Å². The van der Waals surface area contributed by atoms with Crippen molar-refractivity contribution in [3.63, 3.8) is 0 Å². The normalized spacial score (nSPS) is 21.3. The van der Waals surface area contributed by atoms with Crippen molar-refractivity contribution in [1.29, 1.82) is 0 Å². The maximum Gasteiger partial charge on any atom is 0.124 e. The largest absolute Gasteiger partial charge is 0.507 e. The van der Waals surface area contributed by atoms with E-state index in [4.69, 9.17) is 4.74 Å². The Morgan fingerprint density at radius 3 is 2.52 bits per heavy atom. The number of para-hydroxylation sites is 1. The predicted octanol–water partition coefficient (Wildman–Crippen LogP) is 3.56. The smallest absolute Gasteiger partial charge is 0.124 e. The second-order valence-corrected chi connectivity index (χ2v) is 5.32. The highest BCUT2D eigenvalue weighted by Gasteiger charge is 2.30. The first-order chi connectivity index (χ1) is 10.3. The number of aliphatic imine (C=N–C) groups is 1. The van der Waals surface area contributed by atoms with Gasteiger partial charge in [-0.25, -0.2) is 0 Å². The molecule has 3 heteroatoms. The number of nitrogens with zero attached hydrogens (tertiary/aromatic N) is 1. The fourth-order valence-electron chi connectivity index (χ4n) is 2.37. The van der Waals surface area contributed by atoms with E-state index in [0.717, 1.165) is 18.4 Å². The average Bonchev–Trinajstić information content (AvgIpc) is 2.49. The van der Waals surface area contributed by atoms with Gasteiger partial charge in [-0.15, -0.1) is 0 Å². The van der Waals surface area contributed by atoms with Gasteiger partial charge in [0.15, 0.2) is 0 Å². The summed E-state index contributed by atoms with van der Waals surface area (Å²) in [7, 11) is 0. The molecule has 2 atom stereocenters. The molecular formula is C18H19NO2. The number of hydrogen-bond acceptors (Lipinski definition) is 3. The molecule has 21 heavy (non-hydrogen) atoms. The van der Waals surface area contributed by atoms with Crippen molar-refractivity contribution in [3.8, 4) is 5.75 Å². The lowest BCUT2D eigenvalue weighted by molar-refractivity contribution is -0.0236. The number of benzene rings is 2. The van der Waals surface area contributed by atoms with Gasteiger partial charge in [-0.1, -0.05) is 42.5 Å². The molecule has 1 aliphatic carbocycles. The number of phenols is 1. The number of ether oxygens (including phenoxy) is 1. The molecule has 1 saturated carbocycles. The summed E-state index contributed by atoms with van der Waals surface area (Å²) in [5, 5.41) is 9.71. The lowest BCUT2D eigenvalue weighted by Crippen LogP contribution is -2.37. The van der Waals surface area contributed by atoms with E-state index in [2.05, 4.69) is 17.1 Å². The molecule has 0 spiro atoms. The summed E-state index contributed by atoms with van der Waals surface area (Å²) in [5.41, 5.74) is 1.94. The van der Waals surface area contributed by atoms with E-state index in [-0.39, 0.29) is 17.9 Å². The summed E-state index contributed by atoms with van der Waals surface area (Å²) >= 11 is 0. The van der Waals surface area contributed by atoms with Crippen LogP contribution in [0.5, 0.6) is 5.75 Å². The monoisotopic (exact) mass is 281 g/mol. The molecule has 108 valence electrons. The lowest BCUT2D eigenvalue weighted by Gasteiger charge is -2.33. The Morgan fingerprint density at radius 1 is 1.05 bits per heavy atom. The zero-order chi connectivity index (χ0) is 14.5. The van der Waals surface area contributed by atoms with Crippen LogP contribution in [0.3, 0.4) is 0 Å². The lowest BCUT2D eigenvalue weighted by atomic mass is 9.89. The minimum Gasteiger partial charge on any atom is -0.507 e. The van der Waals surface area contributed by atoms with Gasteiger partial charge in [0.2, 0.25) is 0 Å². The van der Waals surface area contributed by atoms with Crippen molar-refractivity contribution in [2.75, 3.05) is 0 Å². The molecule has 2 aromatic carbocycles. The molecule has 1 fully saturated rings. The van der Waals surface area contributed by atoms with Crippen molar-refractivity contribution in [3.05, 3.63) is 65.7 Å². The van der Waals surface area contributed by atoms with Crippen LogP contribution in [0.25, 0.3) is 0 Å². The van der Waals surface area contributed by atoms with E-state index >= 15 is 0 Å². The second-order valence-electron chi connectivity index (χ2n) is 5.32. The third-order valence-electron chi connectivity index (χ3n) is 3.82. The molecule has 0 amide bonds. The Labute approximate surface area is 124 Å². The highest BCUT2D eigenvalue weighted by Crippen LogP contribution is 2.27. The molecular weight excluding hydrogens is 262 g/mol. The topological polar surface area (TPSA) is 41.8 Å². The van der Waals surface area contributed by atoms with Crippen LogP contribution in [0.4, 0.5) is 0 Å². The molecule has 1 N–H and O–H groups in total. The van der Waals surface area contributed by atoms with Crippen molar-refractivity contribution in [2.45, 2.75) is 31.6 Å². The van der Waals surface area contributed by atoms with Gasteiger partial charge in [0.05, 0.1) is 18.8 Å². The van der Waals surface area contributed by atoms with Crippen LogP contribution < -0.4 is 0 Å². The zero-order valence-corrected chi connectivity index (χ0v) is 11.9. The Hall–Kier alpha value is -2.13. The molecule has 2 aromatic rings. The van der Waals surface area contributed by atoms with Crippen LogP contribution in [0.1, 0.15) is 24.0 Å². The van der Waals surface area contributed by atoms with E-state index in [0.29, 0.717) is 6.61 Å². The summed E-state index contributed by atoms with van der Waals surface area (Å²) in [6.07, 6.45) is 4.03. The molecule has 0 bridgehead atoms. The van der Waals surface area contributed by atoms with Gasteiger partial charge < -0.3 is 9.84 Å². The third kappa shape index (κ3) is 3.50. The first-order valence-electron chi connectivity index (χ1n) is 7.29. The van der Waals surface area contributed by atoms with E-state index in [9.17, 15) is 5.11 Å². The maximum atomic E-state index is 9.71. The summed E-state index contributed by atoms with van der Waals surface area (Å²) in [6.45, 7) is 0.633. The van der Waals surface area contributed by atoms with Gasteiger partial charge in [0, 0.05) is 11.8 Å². The molecule has 0 aliphatic heterocycles. The van der Waals surface area contributed by atoms with Gasteiger partial charge >= 0.3 is 0 Å². The molecule has 0 radical (unpaired) electrons. The molecule has 0 aromatic heterocycles. The van der Waals surface area contributed by atoms with Crippen molar-refractivity contribution >= 4 is 6.21 Å². The van der Waals surface area contributed by atoms with Crippen molar-refractivity contribution in [2.24, 2.45) is 4.99 Å². The molecule has 0 heterocycles. The first kappa shape index (κ1) is 13.8. The Morgan fingerprint density at radius 2 is 1.81 bits per heavy atom. The van der Waals surface area contributed by atoms with E-state index in [1.165, 1.54) is 5.56 Å². The number of aromatic hydroxyl groups is 1. The van der Waals surface area contributed by atoms with Gasteiger partial charge in [-0.05, 0) is 30.5 Å². The van der Waals surface area contributed by atoms with E-state index in [1.54, 1.807) is 12.3 Å². The van der Waals surface area contributed by atoms with Crippen LogP contribution >= 0.6 is 0 Å². The van der Waals surface area contributed by atoms with Crippen molar-refractivity contribution < 1.29 is 9.84 Å². The minimum atomic E-state index is 0.187. The average molecular weight is 281 g/mol. The fourth-order valence-corrected chi connectivity index (χ4v) is 2.37. The fraction of sp³-hybridized carbons (Fsp3) is 0.278. The Bertz CT molecular complexity index is 610. The van der Waals surface area contributed by atoms with Crippen LogP contribution in [0.2, 0.25) is 0 Å². The number of phenolic OH excluding ortho intramolecular Hbond substituents is 1. The van der Waals surface area contributed by atoms with Crippen LogP contribution in [0, 0.1) is 0 Å². The minimum absolute atomic E-state index is 0.187. The second kappa shape index (κ2) is 6.55. The van der Waals surface area contributed by atoms with Crippen LogP contribution in [-0.4, -0.2) is 23.5 Å². The summed E-state index contributed by atoms with van der Waals surface area (Å²) in [5.74, 6) is 0.266. The number of rotatable bonds is 5. The standard InChI is InChI=1S/C18H19NO2/c20-17-9-5-4-8-15(17)12-19-16-10-11-18(16)21-13-14-6-2-1-3-7-14/h1-9,12,16,18,20H,10-11,13H2/t16-,18+/m1/s1. The SMILES string of the molecule is Oc1ccccc1C=N[C@@H]1CC[C@@H]1OCc1ccccc1. The van der Waals surface area contributed by atoms with Crippen LogP contribution in [0.15, 0.2) is 59.6 Å². The van der Waals surface area contributed by atoms with Gasteiger partial charge in [-0.3, -0.25) is 4.99 Å². The third-order valence-corrected chi connectivity index (χ3v) is 3.82. The Balaban J connectivity index is 1.54. The highest BCUT2D eigenvalue weighted by atomic mass is 16.5. The van der Waals surface area contributed by atoms with Gasteiger partial charge in [0.1, 0.15) is 5.75 Å². The highest BCUT2D eigenvalue weighted by molar-refractivity contribution is 5.83. The maximum absolute atomic E-state index is 9.71. The zero-order valence-electron chi connectivity index (χ0n) is 11.9. The molecule has 3 nitrogen and oxygen atoms in total. The molecule has 0 unspecified atom stereocenters. The molecule has 0 saturated heterocycles. The quantitative estimate of drug-likeness (QED) is 0.851. The number of hydrogen-bond donors (Lipinski definition) is 1. The molecule has 3 rings (SSSR count). The Kier molecular flexibility index (Phi) is 4.31. The molecule has 1 aliphatic rings. The summed E-state index contributed by atoms with van der Waals surface area (Å²) in [6, 6.07) is 17.6. The van der Waals surface area contributed by atoms with E-state index in [1.807, 2.05) is 36.4 Å². The first-order valence-corrected chi connectivity index (χ1v) is 7.29. The van der Waals surface area contributed by atoms with E-state index < -0.39 is 0 Å². The summed E-state index contributed by atoms with van der Waals surface area (Å²) in [4.78, 5) is 4.54. The summed E-state index contributed by atoms with van der Waals surface area (Å²) < 4.78 is 5.92.